The van der Waals surface area contributed by atoms with E-state index < -0.39 is 0 Å². The summed E-state index contributed by atoms with van der Waals surface area (Å²) in [5, 5.41) is 3.61. The van der Waals surface area contributed by atoms with Crippen molar-refractivity contribution in [3.05, 3.63) is 18.3 Å². The molecule has 2 aliphatic heterocycles. The van der Waals surface area contributed by atoms with Gasteiger partial charge in [0.1, 0.15) is 0 Å². The van der Waals surface area contributed by atoms with E-state index >= 15 is 0 Å². The van der Waals surface area contributed by atoms with E-state index in [9.17, 15) is 0 Å². The van der Waals surface area contributed by atoms with Gasteiger partial charge < -0.3 is 15.0 Å². The van der Waals surface area contributed by atoms with Crippen molar-refractivity contribution in [2.75, 3.05) is 19.5 Å². The number of fused-ring (bicyclic) bond motifs is 2. The molecule has 2 saturated heterocycles. The number of anilines is 1. The first-order valence-electron chi connectivity index (χ1n) is 6.75. The quantitative estimate of drug-likeness (QED) is 0.888. The summed E-state index contributed by atoms with van der Waals surface area (Å²) in [5.41, 5.74) is 1.02. The van der Waals surface area contributed by atoms with Crippen molar-refractivity contribution in [1.82, 2.24) is 9.88 Å². The fourth-order valence-electron chi connectivity index (χ4n) is 3.41. The van der Waals surface area contributed by atoms with Gasteiger partial charge in [0.15, 0.2) is 0 Å². The fourth-order valence-corrected chi connectivity index (χ4v) is 3.41. The van der Waals surface area contributed by atoms with Gasteiger partial charge in [-0.3, -0.25) is 0 Å². The zero-order chi connectivity index (χ0) is 12.5. The number of hydrogen-bond acceptors (Lipinski definition) is 4. The van der Waals surface area contributed by atoms with Crippen LogP contribution in [0.25, 0.3) is 0 Å². The Labute approximate surface area is 108 Å². The van der Waals surface area contributed by atoms with Gasteiger partial charge in [-0.2, -0.15) is 0 Å². The van der Waals surface area contributed by atoms with Gasteiger partial charge >= 0.3 is 0 Å². The molecule has 1 N–H and O–H groups in total. The van der Waals surface area contributed by atoms with Crippen LogP contribution < -0.4 is 10.1 Å². The number of nitrogens with zero attached hydrogens (tertiary/aromatic N) is 2. The molecule has 0 aliphatic carbocycles. The molecule has 1 aromatic rings. The molecular formula is C14H21N3O. The summed E-state index contributed by atoms with van der Waals surface area (Å²) >= 11 is 0. The normalized spacial score (nSPS) is 31.3. The average Bonchev–Trinajstić information content (AvgIpc) is 2.63. The number of pyridine rings is 1. The lowest BCUT2D eigenvalue weighted by Gasteiger charge is -2.37. The van der Waals surface area contributed by atoms with E-state index in [0.717, 1.165) is 17.8 Å². The summed E-state index contributed by atoms with van der Waals surface area (Å²) in [6.07, 6.45) is 6.92. The van der Waals surface area contributed by atoms with E-state index in [4.69, 9.17) is 4.74 Å². The van der Waals surface area contributed by atoms with Gasteiger partial charge in [-0.15, -0.1) is 0 Å². The number of piperidine rings is 1. The smallest absolute Gasteiger partial charge is 0.237 e. The third kappa shape index (κ3) is 2.05. The van der Waals surface area contributed by atoms with Crippen LogP contribution >= 0.6 is 0 Å². The first kappa shape index (κ1) is 11.8. The highest BCUT2D eigenvalue weighted by molar-refractivity contribution is 5.52. The Balaban J connectivity index is 1.70. The minimum Gasteiger partial charge on any atom is -0.480 e. The first-order chi connectivity index (χ1) is 8.78. The molecular weight excluding hydrogens is 226 g/mol. The summed E-state index contributed by atoms with van der Waals surface area (Å²) < 4.78 is 5.29. The molecule has 2 bridgehead atoms. The minimum absolute atomic E-state index is 0.553. The molecule has 18 heavy (non-hydrogen) atoms. The monoisotopic (exact) mass is 247 g/mol. The lowest BCUT2D eigenvalue weighted by Crippen LogP contribution is -2.44. The Bertz CT molecular complexity index is 409. The zero-order valence-electron chi connectivity index (χ0n) is 11.1. The van der Waals surface area contributed by atoms with Crippen molar-refractivity contribution in [3.8, 4) is 5.88 Å². The molecule has 2 fully saturated rings. The van der Waals surface area contributed by atoms with E-state index in [2.05, 4.69) is 22.2 Å². The Kier molecular flexibility index (Phi) is 3.12. The Morgan fingerprint density at radius 3 is 2.72 bits per heavy atom. The maximum absolute atomic E-state index is 5.29. The van der Waals surface area contributed by atoms with Crippen molar-refractivity contribution in [1.29, 1.82) is 0 Å². The summed E-state index contributed by atoms with van der Waals surface area (Å²) in [5.74, 6) is 0.698. The van der Waals surface area contributed by atoms with E-state index in [0.29, 0.717) is 11.9 Å². The standard InChI is InChI=1S/C14H21N3O/c1-17-11-5-6-12(17)9-10(8-11)16-13-4-3-7-15-14(13)18-2/h3-4,7,10-12,16H,5-6,8-9H2,1-2H3. The molecule has 0 amide bonds. The van der Waals surface area contributed by atoms with Crippen LogP contribution in [-0.4, -0.2) is 42.2 Å². The number of nitrogens with one attached hydrogen (secondary N) is 1. The van der Waals surface area contributed by atoms with E-state index in [1.165, 1.54) is 25.7 Å². The molecule has 3 rings (SSSR count). The topological polar surface area (TPSA) is 37.4 Å². The highest BCUT2D eigenvalue weighted by atomic mass is 16.5. The molecule has 3 heterocycles. The largest absolute Gasteiger partial charge is 0.480 e. The van der Waals surface area contributed by atoms with E-state index in [-0.39, 0.29) is 0 Å². The highest BCUT2D eigenvalue weighted by Gasteiger charge is 2.38. The predicted octanol–water partition coefficient (Wildman–Crippen LogP) is 2.13. The second-order valence-electron chi connectivity index (χ2n) is 5.42. The van der Waals surface area contributed by atoms with Crippen LogP contribution in [0, 0.1) is 0 Å². The average molecular weight is 247 g/mol. The number of rotatable bonds is 3. The van der Waals surface area contributed by atoms with Crippen molar-refractivity contribution < 1.29 is 4.74 Å². The van der Waals surface area contributed by atoms with Gasteiger partial charge in [-0.25, -0.2) is 4.98 Å². The predicted molar refractivity (Wildman–Crippen MR) is 72.0 cm³/mol. The number of ether oxygens (including phenoxy) is 1. The molecule has 1 aromatic heterocycles. The lowest BCUT2D eigenvalue weighted by molar-refractivity contribution is 0.168. The van der Waals surface area contributed by atoms with Crippen molar-refractivity contribution in [2.24, 2.45) is 0 Å². The molecule has 4 heteroatoms. The van der Waals surface area contributed by atoms with Crippen LogP contribution in [0.1, 0.15) is 25.7 Å². The van der Waals surface area contributed by atoms with Crippen LogP contribution in [0.2, 0.25) is 0 Å². The van der Waals surface area contributed by atoms with Crippen LogP contribution in [-0.2, 0) is 0 Å². The maximum atomic E-state index is 5.29. The summed E-state index contributed by atoms with van der Waals surface area (Å²) in [4.78, 5) is 6.79. The van der Waals surface area contributed by atoms with Gasteiger partial charge in [-0.05, 0) is 44.9 Å². The maximum Gasteiger partial charge on any atom is 0.237 e. The molecule has 2 aliphatic rings. The van der Waals surface area contributed by atoms with E-state index in [1.807, 2.05) is 12.1 Å². The molecule has 98 valence electrons. The third-order valence-corrected chi connectivity index (χ3v) is 4.42. The molecule has 2 unspecified atom stereocenters. The Morgan fingerprint density at radius 2 is 2.06 bits per heavy atom. The van der Waals surface area contributed by atoms with Gasteiger partial charge in [0.25, 0.3) is 0 Å². The van der Waals surface area contributed by atoms with Gasteiger partial charge in [0, 0.05) is 24.3 Å². The highest BCUT2D eigenvalue weighted by Crippen LogP contribution is 2.36. The summed E-state index contributed by atoms with van der Waals surface area (Å²) in [7, 11) is 3.94. The summed E-state index contributed by atoms with van der Waals surface area (Å²) in [6.45, 7) is 0. The van der Waals surface area contributed by atoms with Gasteiger partial charge in [0.05, 0.1) is 12.8 Å². The van der Waals surface area contributed by atoms with Gasteiger partial charge in [0.2, 0.25) is 5.88 Å². The third-order valence-electron chi connectivity index (χ3n) is 4.42. The van der Waals surface area contributed by atoms with Crippen molar-refractivity contribution >= 4 is 5.69 Å². The van der Waals surface area contributed by atoms with Crippen LogP contribution in [0.5, 0.6) is 5.88 Å². The molecule has 4 nitrogen and oxygen atoms in total. The fraction of sp³-hybridized carbons (Fsp3) is 0.643. The first-order valence-corrected chi connectivity index (χ1v) is 6.75. The second-order valence-corrected chi connectivity index (χ2v) is 5.42. The van der Waals surface area contributed by atoms with Gasteiger partial charge in [-0.1, -0.05) is 0 Å². The molecule has 0 aromatic carbocycles. The van der Waals surface area contributed by atoms with Crippen LogP contribution in [0.4, 0.5) is 5.69 Å². The van der Waals surface area contributed by atoms with Crippen LogP contribution in [0.3, 0.4) is 0 Å². The molecule has 0 spiro atoms. The summed E-state index contributed by atoms with van der Waals surface area (Å²) in [6, 6.07) is 6.06. The molecule has 0 radical (unpaired) electrons. The Morgan fingerprint density at radius 1 is 1.33 bits per heavy atom. The number of hydrogen-bond donors (Lipinski definition) is 1. The van der Waals surface area contributed by atoms with E-state index in [1.54, 1.807) is 13.3 Å². The SMILES string of the molecule is COc1ncccc1NC1CC2CCC(C1)N2C. The number of aromatic nitrogens is 1. The molecule has 0 saturated carbocycles. The lowest BCUT2D eigenvalue weighted by atomic mass is 9.98. The zero-order valence-corrected chi connectivity index (χ0v) is 11.1. The molecule has 2 atom stereocenters. The van der Waals surface area contributed by atoms with Crippen LogP contribution in [0.15, 0.2) is 18.3 Å². The number of methoxy groups -OCH3 is 1. The van der Waals surface area contributed by atoms with Crippen molar-refractivity contribution in [2.45, 2.75) is 43.8 Å². The van der Waals surface area contributed by atoms with Crippen molar-refractivity contribution in [3.63, 3.8) is 0 Å². The second kappa shape index (κ2) is 4.76. The minimum atomic E-state index is 0.553. The Hall–Kier alpha value is -1.29.